The van der Waals surface area contributed by atoms with Crippen molar-refractivity contribution in [2.75, 3.05) is 26.7 Å². The Labute approximate surface area is 116 Å². The number of rotatable bonds is 7. The summed E-state index contributed by atoms with van der Waals surface area (Å²) in [6.45, 7) is 7.63. The number of likely N-dealkylation sites (N-methyl/N-ethyl adjacent to an activating group) is 1. The topological polar surface area (TPSA) is 31.1 Å². The van der Waals surface area contributed by atoms with E-state index in [0.29, 0.717) is 6.04 Å². The van der Waals surface area contributed by atoms with E-state index in [2.05, 4.69) is 66.6 Å². The molecule has 0 aliphatic carbocycles. The normalized spacial score (nSPS) is 11.8. The molecule has 0 aliphatic heterocycles. The molecule has 1 aromatic carbocycles. The quantitative estimate of drug-likeness (QED) is 0.801. The highest BCUT2D eigenvalue weighted by Gasteiger charge is 2.04. The number of nitrogens with one attached hydrogen (secondary N) is 2. The number of nitrogens with zero attached hydrogens (tertiary/aromatic N) is 1. The smallest absolute Gasteiger partial charge is 0.0456 e. The van der Waals surface area contributed by atoms with Gasteiger partial charge in [-0.1, -0.05) is 32.0 Å². The largest absolute Gasteiger partial charge is 0.361 e. The van der Waals surface area contributed by atoms with Crippen molar-refractivity contribution in [3.8, 4) is 0 Å². The van der Waals surface area contributed by atoms with E-state index in [-0.39, 0.29) is 0 Å². The number of para-hydroxylation sites is 1. The van der Waals surface area contributed by atoms with Gasteiger partial charge in [-0.25, -0.2) is 0 Å². The van der Waals surface area contributed by atoms with E-state index in [1.54, 1.807) is 0 Å². The van der Waals surface area contributed by atoms with Crippen LogP contribution in [0.5, 0.6) is 0 Å². The van der Waals surface area contributed by atoms with Gasteiger partial charge in [0.2, 0.25) is 0 Å². The van der Waals surface area contributed by atoms with Gasteiger partial charge in [0.05, 0.1) is 0 Å². The molecule has 0 aliphatic rings. The van der Waals surface area contributed by atoms with Crippen molar-refractivity contribution in [2.45, 2.75) is 26.3 Å². The highest BCUT2D eigenvalue weighted by Crippen LogP contribution is 2.18. The van der Waals surface area contributed by atoms with E-state index in [0.717, 1.165) is 26.1 Å². The summed E-state index contributed by atoms with van der Waals surface area (Å²) in [4.78, 5) is 5.73. The fourth-order valence-electron chi connectivity index (χ4n) is 2.31. The Hall–Kier alpha value is -1.32. The zero-order valence-electron chi connectivity index (χ0n) is 12.2. The first kappa shape index (κ1) is 14.1. The minimum absolute atomic E-state index is 0.571. The van der Waals surface area contributed by atoms with Gasteiger partial charge in [0.1, 0.15) is 0 Å². The molecule has 2 rings (SSSR count). The van der Waals surface area contributed by atoms with E-state index in [4.69, 9.17) is 0 Å². The highest BCUT2D eigenvalue weighted by atomic mass is 15.1. The van der Waals surface area contributed by atoms with Crippen LogP contribution in [0.1, 0.15) is 19.4 Å². The second kappa shape index (κ2) is 6.73. The number of hydrogen-bond donors (Lipinski definition) is 2. The van der Waals surface area contributed by atoms with Crippen molar-refractivity contribution in [3.05, 3.63) is 36.0 Å². The molecule has 0 fully saturated rings. The van der Waals surface area contributed by atoms with E-state index in [9.17, 15) is 0 Å². The fraction of sp³-hybridized carbons (Fsp3) is 0.500. The summed E-state index contributed by atoms with van der Waals surface area (Å²) in [7, 11) is 2.19. The molecule has 0 spiro atoms. The Bertz CT molecular complexity index is 501. The summed E-state index contributed by atoms with van der Waals surface area (Å²) in [6, 6.07) is 9.08. The fourth-order valence-corrected chi connectivity index (χ4v) is 2.31. The molecular weight excluding hydrogens is 234 g/mol. The molecule has 2 aromatic rings. The zero-order valence-corrected chi connectivity index (χ0v) is 12.2. The highest BCUT2D eigenvalue weighted by molar-refractivity contribution is 5.83. The average molecular weight is 259 g/mol. The molecule has 0 radical (unpaired) electrons. The summed E-state index contributed by atoms with van der Waals surface area (Å²) in [5.74, 6) is 0. The van der Waals surface area contributed by atoms with Gasteiger partial charge in [0.25, 0.3) is 0 Å². The van der Waals surface area contributed by atoms with Crippen LogP contribution >= 0.6 is 0 Å². The molecule has 2 N–H and O–H groups in total. The first-order valence-corrected chi connectivity index (χ1v) is 7.13. The molecule has 1 heterocycles. The van der Waals surface area contributed by atoms with Crippen LogP contribution in [0.4, 0.5) is 0 Å². The minimum Gasteiger partial charge on any atom is -0.361 e. The van der Waals surface area contributed by atoms with Gasteiger partial charge in [-0.05, 0) is 25.1 Å². The van der Waals surface area contributed by atoms with Gasteiger partial charge in [-0.3, -0.25) is 0 Å². The van der Waals surface area contributed by atoms with E-state index >= 15 is 0 Å². The van der Waals surface area contributed by atoms with Crippen molar-refractivity contribution in [1.29, 1.82) is 0 Å². The van der Waals surface area contributed by atoms with Crippen LogP contribution in [0, 0.1) is 0 Å². The van der Waals surface area contributed by atoms with Crippen LogP contribution < -0.4 is 5.32 Å². The maximum atomic E-state index is 3.45. The molecule has 19 heavy (non-hydrogen) atoms. The molecular formula is C16H25N3. The molecule has 0 amide bonds. The minimum atomic E-state index is 0.571. The molecule has 104 valence electrons. The third-order valence-corrected chi connectivity index (χ3v) is 3.48. The first-order valence-electron chi connectivity index (χ1n) is 7.13. The van der Waals surface area contributed by atoms with Crippen molar-refractivity contribution in [2.24, 2.45) is 0 Å². The first-order chi connectivity index (χ1) is 9.16. The van der Waals surface area contributed by atoms with Gasteiger partial charge in [-0.15, -0.1) is 0 Å². The Balaban J connectivity index is 1.81. The summed E-state index contributed by atoms with van der Waals surface area (Å²) in [6.07, 6.45) is 3.24. The van der Waals surface area contributed by atoms with Crippen molar-refractivity contribution in [3.63, 3.8) is 0 Å². The van der Waals surface area contributed by atoms with Gasteiger partial charge in [0.15, 0.2) is 0 Å². The molecule has 0 saturated heterocycles. The molecule has 0 saturated carbocycles. The lowest BCUT2D eigenvalue weighted by atomic mass is 10.1. The van der Waals surface area contributed by atoms with E-state index < -0.39 is 0 Å². The monoisotopic (exact) mass is 259 g/mol. The van der Waals surface area contributed by atoms with Crippen LogP contribution in [0.2, 0.25) is 0 Å². The summed E-state index contributed by atoms with van der Waals surface area (Å²) >= 11 is 0. The lowest BCUT2D eigenvalue weighted by molar-refractivity contribution is 0.331. The zero-order chi connectivity index (χ0) is 13.7. The summed E-state index contributed by atoms with van der Waals surface area (Å²) in [5.41, 5.74) is 2.65. The number of hydrogen-bond acceptors (Lipinski definition) is 2. The van der Waals surface area contributed by atoms with Crippen LogP contribution in [-0.4, -0.2) is 42.6 Å². The lowest BCUT2D eigenvalue weighted by Gasteiger charge is -2.17. The summed E-state index contributed by atoms with van der Waals surface area (Å²) < 4.78 is 0. The molecule has 1 aromatic heterocycles. The maximum absolute atomic E-state index is 3.45. The van der Waals surface area contributed by atoms with Crippen LogP contribution in [0.15, 0.2) is 30.5 Å². The second-order valence-corrected chi connectivity index (χ2v) is 5.52. The Morgan fingerprint density at radius 3 is 2.79 bits per heavy atom. The Morgan fingerprint density at radius 1 is 1.21 bits per heavy atom. The predicted octanol–water partition coefficient (Wildman–Crippen LogP) is 2.64. The summed E-state index contributed by atoms with van der Waals surface area (Å²) in [5, 5.41) is 4.81. The van der Waals surface area contributed by atoms with E-state index in [1.807, 2.05) is 0 Å². The molecule has 3 nitrogen and oxygen atoms in total. The number of H-pyrrole nitrogens is 1. The third kappa shape index (κ3) is 4.08. The standard InChI is InChI=1S/C16H25N3/c1-13(2)17-9-11-19(3)10-8-14-12-18-16-7-5-4-6-15(14)16/h4-7,12-13,17-18H,8-11H2,1-3H3. The van der Waals surface area contributed by atoms with Gasteiger partial charge < -0.3 is 15.2 Å². The average Bonchev–Trinajstić information content (AvgIpc) is 2.79. The SMILES string of the molecule is CC(C)NCCN(C)CCc1c[nH]c2ccccc12. The van der Waals surface area contributed by atoms with Crippen LogP contribution in [0.25, 0.3) is 10.9 Å². The Morgan fingerprint density at radius 2 is 2.00 bits per heavy atom. The second-order valence-electron chi connectivity index (χ2n) is 5.52. The van der Waals surface area contributed by atoms with Crippen molar-refractivity contribution >= 4 is 10.9 Å². The number of benzene rings is 1. The van der Waals surface area contributed by atoms with E-state index in [1.165, 1.54) is 16.5 Å². The number of fused-ring (bicyclic) bond motifs is 1. The molecule has 3 heteroatoms. The van der Waals surface area contributed by atoms with Crippen LogP contribution in [0.3, 0.4) is 0 Å². The lowest BCUT2D eigenvalue weighted by Crippen LogP contribution is -2.33. The van der Waals surface area contributed by atoms with Gasteiger partial charge in [-0.2, -0.15) is 0 Å². The number of aromatic nitrogens is 1. The maximum Gasteiger partial charge on any atom is 0.0456 e. The number of aromatic amines is 1. The van der Waals surface area contributed by atoms with Gasteiger partial charge in [0, 0.05) is 42.8 Å². The molecule has 0 bridgehead atoms. The van der Waals surface area contributed by atoms with Crippen molar-refractivity contribution in [1.82, 2.24) is 15.2 Å². The Kier molecular flexibility index (Phi) is 5.00. The third-order valence-electron chi connectivity index (χ3n) is 3.48. The molecule has 0 unspecified atom stereocenters. The molecule has 0 atom stereocenters. The van der Waals surface area contributed by atoms with Gasteiger partial charge >= 0.3 is 0 Å². The van der Waals surface area contributed by atoms with Crippen molar-refractivity contribution < 1.29 is 0 Å². The van der Waals surface area contributed by atoms with Crippen LogP contribution in [-0.2, 0) is 6.42 Å². The predicted molar refractivity (Wildman–Crippen MR) is 82.6 cm³/mol.